The molecule has 116 valence electrons. The van der Waals surface area contributed by atoms with Crippen molar-refractivity contribution in [3.05, 3.63) is 35.4 Å². The second kappa shape index (κ2) is 7.08. The van der Waals surface area contributed by atoms with E-state index < -0.39 is 0 Å². The lowest BCUT2D eigenvalue weighted by molar-refractivity contribution is -0.133. The first-order chi connectivity index (χ1) is 10.1. The van der Waals surface area contributed by atoms with E-state index in [1.807, 2.05) is 12.1 Å². The highest BCUT2D eigenvalue weighted by Gasteiger charge is 2.39. The number of carbonyl (C=O) groups is 1. The van der Waals surface area contributed by atoms with Gasteiger partial charge in [-0.1, -0.05) is 38.1 Å². The first-order valence-corrected chi connectivity index (χ1v) is 8.16. The molecule has 2 rings (SSSR count). The molecule has 0 aromatic heterocycles. The molecular formula is C18H28N2O. The van der Waals surface area contributed by atoms with Crippen molar-refractivity contribution in [1.29, 1.82) is 0 Å². The topological polar surface area (TPSA) is 55.1 Å². The third kappa shape index (κ3) is 3.65. The molecule has 0 saturated heterocycles. The Kier molecular flexibility index (Phi) is 5.40. The molecule has 3 N–H and O–H groups in total. The maximum Gasteiger partial charge on any atom is 0.227 e. The van der Waals surface area contributed by atoms with Crippen LogP contribution in [0.1, 0.15) is 50.7 Å². The summed E-state index contributed by atoms with van der Waals surface area (Å²) in [5, 5.41) is 3.13. The van der Waals surface area contributed by atoms with Gasteiger partial charge in [-0.2, -0.15) is 0 Å². The van der Waals surface area contributed by atoms with Gasteiger partial charge in [-0.3, -0.25) is 4.79 Å². The van der Waals surface area contributed by atoms with Gasteiger partial charge >= 0.3 is 0 Å². The standard InChI is InChI=1S/C18H28N2O/c1-3-15-6-4-5-7-16(15)12-20-17(21)18(13-19)10-8-14(2)9-11-18/h4-7,14H,3,8-13,19H2,1-2H3,(H,20,21). The van der Waals surface area contributed by atoms with Crippen LogP contribution in [0.25, 0.3) is 0 Å². The second-order valence-electron chi connectivity index (χ2n) is 6.47. The number of amides is 1. The summed E-state index contributed by atoms with van der Waals surface area (Å²) in [7, 11) is 0. The Hall–Kier alpha value is -1.35. The van der Waals surface area contributed by atoms with E-state index in [4.69, 9.17) is 5.73 Å². The van der Waals surface area contributed by atoms with Crippen LogP contribution in [0.5, 0.6) is 0 Å². The fourth-order valence-electron chi connectivity index (χ4n) is 3.28. The Morgan fingerprint density at radius 1 is 1.29 bits per heavy atom. The number of carbonyl (C=O) groups excluding carboxylic acids is 1. The van der Waals surface area contributed by atoms with Crippen molar-refractivity contribution < 1.29 is 4.79 Å². The molecule has 1 aliphatic carbocycles. The number of aryl methyl sites for hydroxylation is 1. The quantitative estimate of drug-likeness (QED) is 0.875. The van der Waals surface area contributed by atoms with Gasteiger partial charge in [0.25, 0.3) is 0 Å². The van der Waals surface area contributed by atoms with Crippen molar-refractivity contribution in [2.45, 2.75) is 52.5 Å². The predicted molar refractivity (Wildman–Crippen MR) is 86.8 cm³/mol. The Bertz CT molecular complexity index is 476. The summed E-state index contributed by atoms with van der Waals surface area (Å²) >= 11 is 0. The lowest BCUT2D eigenvalue weighted by Gasteiger charge is -2.37. The number of hydrogen-bond donors (Lipinski definition) is 2. The third-order valence-electron chi connectivity index (χ3n) is 5.04. The van der Waals surface area contributed by atoms with Crippen molar-refractivity contribution in [3.63, 3.8) is 0 Å². The molecule has 0 radical (unpaired) electrons. The highest BCUT2D eigenvalue weighted by atomic mass is 16.2. The normalized spacial score (nSPS) is 25.6. The number of nitrogens with two attached hydrogens (primary N) is 1. The smallest absolute Gasteiger partial charge is 0.227 e. The van der Waals surface area contributed by atoms with Crippen LogP contribution >= 0.6 is 0 Å². The Morgan fingerprint density at radius 3 is 2.48 bits per heavy atom. The average Bonchev–Trinajstić information content (AvgIpc) is 2.54. The highest BCUT2D eigenvalue weighted by Crippen LogP contribution is 2.38. The Morgan fingerprint density at radius 2 is 1.90 bits per heavy atom. The minimum atomic E-state index is -0.340. The molecule has 1 aromatic rings. The number of benzene rings is 1. The molecule has 0 heterocycles. The SMILES string of the molecule is CCc1ccccc1CNC(=O)C1(CN)CCC(C)CC1. The molecule has 1 saturated carbocycles. The summed E-state index contributed by atoms with van der Waals surface area (Å²) in [6.07, 6.45) is 5.05. The van der Waals surface area contributed by atoms with Crippen LogP contribution in [0.4, 0.5) is 0 Å². The van der Waals surface area contributed by atoms with E-state index in [2.05, 4.69) is 31.3 Å². The molecule has 3 nitrogen and oxygen atoms in total. The van der Waals surface area contributed by atoms with Crippen LogP contribution in [-0.4, -0.2) is 12.5 Å². The number of hydrogen-bond acceptors (Lipinski definition) is 2. The van der Waals surface area contributed by atoms with Gasteiger partial charge in [0.2, 0.25) is 5.91 Å². The lowest BCUT2D eigenvalue weighted by atomic mass is 9.70. The molecule has 0 spiro atoms. The molecule has 21 heavy (non-hydrogen) atoms. The van der Waals surface area contributed by atoms with Gasteiger partial charge < -0.3 is 11.1 Å². The minimum Gasteiger partial charge on any atom is -0.351 e. The zero-order chi connectivity index (χ0) is 15.3. The van der Waals surface area contributed by atoms with E-state index >= 15 is 0 Å². The van der Waals surface area contributed by atoms with Crippen LogP contribution in [0.2, 0.25) is 0 Å². The summed E-state index contributed by atoms with van der Waals surface area (Å²) in [6, 6.07) is 8.30. The summed E-state index contributed by atoms with van der Waals surface area (Å²) < 4.78 is 0. The maximum absolute atomic E-state index is 12.6. The van der Waals surface area contributed by atoms with Gasteiger partial charge in [0.05, 0.1) is 5.41 Å². The number of nitrogens with one attached hydrogen (secondary N) is 1. The first-order valence-electron chi connectivity index (χ1n) is 8.16. The van der Waals surface area contributed by atoms with Gasteiger partial charge in [-0.25, -0.2) is 0 Å². The Labute approximate surface area is 128 Å². The maximum atomic E-state index is 12.6. The molecular weight excluding hydrogens is 260 g/mol. The van der Waals surface area contributed by atoms with E-state index in [1.165, 1.54) is 11.1 Å². The van der Waals surface area contributed by atoms with Crippen molar-refractivity contribution in [2.75, 3.05) is 6.54 Å². The van der Waals surface area contributed by atoms with E-state index in [1.54, 1.807) is 0 Å². The fourth-order valence-corrected chi connectivity index (χ4v) is 3.28. The average molecular weight is 288 g/mol. The molecule has 0 atom stereocenters. The molecule has 1 amide bonds. The molecule has 0 unspecified atom stereocenters. The third-order valence-corrected chi connectivity index (χ3v) is 5.04. The largest absolute Gasteiger partial charge is 0.351 e. The van der Waals surface area contributed by atoms with Crippen molar-refractivity contribution in [2.24, 2.45) is 17.1 Å². The van der Waals surface area contributed by atoms with Crippen LogP contribution in [0.15, 0.2) is 24.3 Å². The molecule has 3 heteroatoms. The summed E-state index contributed by atoms with van der Waals surface area (Å²) in [5.41, 5.74) is 8.12. The summed E-state index contributed by atoms with van der Waals surface area (Å²) in [6.45, 7) is 5.47. The van der Waals surface area contributed by atoms with Crippen molar-refractivity contribution in [1.82, 2.24) is 5.32 Å². The van der Waals surface area contributed by atoms with Gasteiger partial charge in [-0.05, 0) is 49.1 Å². The van der Waals surface area contributed by atoms with Crippen molar-refractivity contribution in [3.8, 4) is 0 Å². The van der Waals surface area contributed by atoms with E-state index in [9.17, 15) is 4.79 Å². The van der Waals surface area contributed by atoms with Crippen LogP contribution < -0.4 is 11.1 Å². The number of rotatable bonds is 5. The van der Waals surface area contributed by atoms with Crippen LogP contribution in [0, 0.1) is 11.3 Å². The molecule has 0 aliphatic heterocycles. The van der Waals surface area contributed by atoms with E-state index in [0.717, 1.165) is 38.0 Å². The zero-order valence-corrected chi connectivity index (χ0v) is 13.3. The molecule has 1 aliphatic rings. The van der Waals surface area contributed by atoms with Crippen molar-refractivity contribution >= 4 is 5.91 Å². The van der Waals surface area contributed by atoms with Gasteiger partial charge in [0, 0.05) is 13.1 Å². The molecule has 1 aromatic carbocycles. The van der Waals surface area contributed by atoms with E-state index in [-0.39, 0.29) is 11.3 Å². The van der Waals surface area contributed by atoms with Crippen LogP contribution in [0.3, 0.4) is 0 Å². The molecule has 1 fully saturated rings. The van der Waals surface area contributed by atoms with Gasteiger partial charge in [0.15, 0.2) is 0 Å². The van der Waals surface area contributed by atoms with E-state index in [0.29, 0.717) is 13.1 Å². The second-order valence-corrected chi connectivity index (χ2v) is 6.47. The predicted octanol–water partition coefficient (Wildman–Crippen LogP) is 3.02. The first kappa shape index (κ1) is 16.0. The summed E-state index contributed by atoms with van der Waals surface area (Å²) in [4.78, 5) is 12.6. The minimum absolute atomic E-state index is 0.141. The highest BCUT2D eigenvalue weighted by molar-refractivity contribution is 5.83. The monoisotopic (exact) mass is 288 g/mol. The summed E-state index contributed by atoms with van der Waals surface area (Å²) in [5.74, 6) is 0.862. The Balaban J connectivity index is 2.00. The van der Waals surface area contributed by atoms with Crippen LogP contribution in [-0.2, 0) is 17.8 Å². The molecule has 0 bridgehead atoms. The zero-order valence-electron chi connectivity index (χ0n) is 13.3. The van der Waals surface area contributed by atoms with Gasteiger partial charge in [-0.15, -0.1) is 0 Å². The lowest BCUT2D eigenvalue weighted by Crippen LogP contribution is -2.47. The fraction of sp³-hybridized carbons (Fsp3) is 0.611. The van der Waals surface area contributed by atoms with Gasteiger partial charge in [0.1, 0.15) is 0 Å².